The molecule has 146 valence electrons. The minimum atomic E-state index is -4.47. The Morgan fingerprint density at radius 3 is 2.93 bits per heavy atom. The van der Waals surface area contributed by atoms with Gasteiger partial charge in [-0.05, 0) is 25.0 Å². The summed E-state index contributed by atoms with van der Waals surface area (Å²) in [6.07, 6.45) is 6.79. The number of alkyl halides is 3. The normalized spacial score (nSPS) is 13.9. The second kappa shape index (κ2) is 7.56. The van der Waals surface area contributed by atoms with Crippen molar-refractivity contribution in [2.24, 2.45) is 0 Å². The number of carbonyl (C=O) groups excluding carboxylic acids is 1. The molecule has 0 aromatic carbocycles. The summed E-state index contributed by atoms with van der Waals surface area (Å²) in [7, 11) is 5.86. The Labute approximate surface area is 170 Å². The van der Waals surface area contributed by atoms with Gasteiger partial charge >= 0.3 is 5.51 Å². The molecule has 3 heterocycles. The van der Waals surface area contributed by atoms with Crippen molar-refractivity contribution in [1.82, 2.24) is 19.5 Å². The van der Waals surface area contributed by atoms with Crippen molar-refractivity contribution in [2.75, 3.05) is 6.54 Å². The Morgan fingerprint density at radius 2 is 2.21 bits per heavy atom. The van der Waals surface area contributed by atoms with E-state index in [-0.39, 0.29) is 34.8 Å². The van der Waals surface area contributed by atoms with Crippen LogP contribution < -0.4 is 10.8 Å². The molecule has 1 amide bonds. The molecule has 0 bridgehead atoms. The predicted molar refractivity (Wildman–Crippen MR) is 104 cm³/mol. The number of rotatable bonds is 4. The van der Waals surface area contributed by atoms with Crippen LogP contribution in [0.4, 0.5) is 13.2 Å². The summed E-state index contributed by atoms with van der Waals surface area (Å²) in [5.41, 5.74) is -3.05. The molecule has 1 aliphatic rings. The first kappa shape index (κ1) is 19.5. The topological polar surface area (TPSA) is 51.3 Å². The minimum Gasteiger partial charge on any atom is -0.341 e. The van der Waals surface area contributed by atoms with Gasteiger partial charge in [-0.25, -0.2) is 0 Å². The second-order valence-electron chi connectivity index (χ2n) is 6.55. The number of thioether (sulfide) groups is 1. The van der Waals surface area contributed by atoms with Crippen LogP contribution in [0.3, 0.4) is 0 Å². The number of carbonyl (C=O) groups is 1. The highest BCUT2D eigenvalue weighted by molar-refractivity contribution is 8.00. The summed E-state index contributed by atoms with van der Waals surface area (Å²) in [4.78, 5) is 12.1. The van der Waals surface area contributed by atoms with Gasteiger partial charge in [-0.1, -0.05) is 23.4 Å². The molecule has 4 rings (SSSR count). The van der Waals surface area contributed by atoms with Crippen LogP contribution >= 0.6 is 11.8 Å². The third-order valence-electron chi connectivity index (χ3n) is 4.35. The summed E-state index contributed by atoms with van der Waals surface area (Å²) in [5, 5.41) is 6.71. The summed E-state index contributed by atoms with van der Waals surface area (Å²) in [5.74, 6) is 5.09. The van der Waals surface area contributed by atoms with Gasteiger partial charge in [0.15, 0.2) is 0 Å². The maximum atomic E-state index is 13.0. The number of aromatic nitrogens is 3. The Kier molecular flexibility index (Phi) is 5.09. The fourth-order valence-corrected chi connectivity index (χ4v) is 3.56. The van der Waals surface area contributed by atoms with E-state index >= 15 is 0 Å². The monoisotopic (exact) mass is 414 g/mol. The van der Waals surface area contributed by atoms with Crippen LogP contribution in [0.5, 0.6) is 0 Å². The highest BCUT2D eigenvalue weighted by atomic mass is 32.2. The lowest BCUT2D eigenvalue weighted by molar-refractivity contribution is -0.0329. The van der Waals surface area contributed by atoms with E-state index in [0.717, 1.165) is 12.8 Å². The van der Waals surface area contributed by atoms with Crippen molar-refractivity contribution in [3.05, 3.63) is 47.9 Å². The van der Waals surface area contributed by atoms with Crippen molar-refractivity contribution in [2.45, 2.75) is 29.4 Å². The van der Waals surface area contributed by atoms with E-state index < -0.39 is 5.51 Å². The highest BCUT2D eigenvalue weighted by Gasteiger charge is 2.32. The molecule has 1 aliphatic carbocycles. The first-order chi connectivity index (χ1) is 13.8. The lowest BCUT2D eigenvalue weighted by atomic mass is 9.96. The van der Waals surface area contributed by atoms with Crippen LogP contribution in [0.25, 0.3) is 5.52 Å². The fraction of sp³-hybridized carbons (Fsp3) is 0.263. The van der Waals surface area contributed by atoms with Gasteiger partial charge in [0.2, 0.25) is 0 Å². The van der Waals surface area contributed by atoms with Crippen LogP contribution in [0, 0.1) is 11.8 Å². The number of fused-ring (bicyclic) bond motifs is 1. The highest BCUT2D eigenvalue weighted by Crippen LogP contribution is 2.39. The van der Waals surface area contributed by atoms with Crippen LogP contribution in [0.1, 0.15) is 34.8 Å². The van der Waals surface area contributed by atoms with E-state index in [2.05, 4.69) is 22.3 Å². The number of pyridine rings is 1. The average Bonchev–Trinajstić information content (AvgIpc) is 3.28. The van der Waals surface area contributed by atoms with E-state index in [9.17, 15) is 18.0 Å². The van der Waals surface area contributed by atoms with Gasteiger partial charge in [0, 0.05) is 29.7 Å². The molecule has 0 spiro atoms. The first-order valence-corrected chi connectivity index (χ1v) is 9.60. The van der Waals surface area contributed by atoms with Gasteiger partial charge in [-0.3, -0.25) is 9.48 Å². The molecule has 29 heavy (non-hydrogen) atoms. The van der Waals surface area contributed by atoms with E-state index in [1.54, 1.807) is 23.0 Å². The maximum absolute atomic E-state index is 13.0. The standard InChI is InChI=1S/C19H14BF3N4OS/c20-15-4-2-8-26-16(15)9-12(18(26)29-19(21,22)23)3-1-7-24-17(28)13-10-25-27(11-13)14-5-6-14/h2,4,8-11,14H,5-7H2,(H,24,28). The largest absolute Gasteiger partial charge is 0.447 e. The molecule has 0 saturated heterocycles. The zero-order chi connectivity index (χ0) is 20.6. The quantitative estimate of drug-likeness (QED) is 0.406. The first-order valence-electron chi connectivity index (χ1n) is 8.78. The smallest absolute Gasteiger partial charge is 0.341 e. The van der Waals surface area contributed by atoms with Crippen LogP contribution in [0.15, 0.2) is 41.8 Å². The van der Waals surface area contributed by atoms with Crippen LogP contribution in [-0.2, 0) is 0 Å². The molecule has 0 aliphatic heterocycles. The molecular formula is C19H14BF3N4OS. The lowest BCUT2D eigenvalue weighted by Crippen LogP contribution is -2.23. The van der Waals surface area contributed by atoms with Crippen molar-refractivity contribution in [1.29, 1.82) is 0 Å². The number of hydrogen-bond donors (Lipinski definition) is 1. The fourth-order valence-electron chi connectivity index (χ4n) is 2.86. The molecule has 1 fully saturated rings. The molecule has 3 aromatic rings. The zero-order valence-corrected chi connectivity index (χ0v) is 15.8. The number of amides is 1. The van der Waals surface area contributed by atoms with Crippen molar-refractivity contribution < 1.29 is 18.0 Å². The van der Waals surface area contributed by atoms with Gasteiger partial charge in [0.05, 0.1) is 29.9 Å². The van der Waals surface area contributed by atoms with Gasteiger partial charge in [-0.2, -0.15) is 18.3 Å². The number of hydrogen-bond acceptors (Lipinski definition) is 3. The van der Waals surface area contributed by atoms with E-state index in [1.165, 1.54) is 22.9 Å². The summed E-state index contributed by atoms with van der Waals surface area (Å²) >= 11 is -0.249. The van der Waals surface area contributed by atoms with Gasteiger partial charge < -0.3 is 9.72 Å². The van der Waals surface area contributed by atoms with Gasteiger partial charge in [0.1, 0.15) is 12.9 Å². The molecule has 3 aromatic heterocycles. The molecule has 1 saturated carbocycles. The van der Waals surface area contributed by atoms with E-state index in [1.807, 2.05) is 0 Å². The second-order valence-corrected chi connectivity index (χ2v) is 7.61. The molecule has 0 atom stereocenters. The Bertz CT molecular complexity index is 1140. The van der Waals surface area contributed by atoms with Crippen molar-refractivity contribution >= 4 is 36.5 Å². The molecule has 1 N–H and O–H groups in total. The number of nitrogens with one attached hydrogen (secondary N) is 1. The summed E-state index contributed by atoms with van der Waals surface area (Å²) < 4.78 is 42.1. The molecule has 2 radical (unpaired) electrons. The van der Waals surface area contributed by atoms with Crippen molar-refractivity contribution in [3.63, 3.8) is 0 Å². The maximum Gasteiger partial charge on any atom is 0.447 e. The Morgan fingerprint density at radius 1 is 1.41 bits per heavy atom. The van der Waals surface area contributed by atoms with Crippen LogP contribution in [0.2, 0.25) is 0 Å². The zero-order valence-electron chi connectivity index (χ0n) is 15.0. The molecule has 5 nitrogen and oxygen atoms in total. The molecule has 0 unspecified atom stereocenters. The van der Waals surface area contributed by atoms with Gasteiger partial charge in [0.25, 0.3) is 5.91 Å². The van der Waals surface area contributed by atoms with Crippen LogP contribution in [-0.4, -0.2) is 40.0 Å². The SMILES string of the molecule is [B]c1cccn2c(SC(F)(F)F)c(C#CCNC(=O)c3cnn(C4CC4)c3)cc12. The molecule has 10 heteroatoms. The summed E-state index contributed by atoms with van der Waals surface area (Å²) in [6, 6.07) is 5.06. The van der Waals surface area contributed by atoms with E-state index in [0.29, 0.717) is 22.6 Å². The third kappa shape index (κ3) is 4.45. The predicted octanol–water partition coefficient (Wildman–Crippen LogP) is 2.66. The Hall–Kier alpha value is -2.80. The van der Waals surface area contributed by atoms with E-state index in [4.69, 9.17) is 7.85 Å². The molecular weight excluding hydrogens is 400 g/mol. The number of nitrogens with zero attached hydrogens (tertiary/aromatic N) is 3. The van der Waals surface area contributed by atoms with Crippen molar-refractivity contribution in [3.8, 4) is 11.8 Å². The minimum absolute atomic E-state index is 0.00869. The Balaban J connectivity index is 1.50. The van der Waals surface area contributed by atoms with Gasteiger partial charge in [-0.15, -0.1) is 0 Å². The average molecular weight is 414 g/mol. The third-order valence-corrected chi connectivity index (χ3v) is 5.20. The lowest BCUT2D eigenvalue weighted by Gasteiger charge is -2.07. The summed E-state index contributed by atoms with van der Waals surface area (Å²) in [6.45, 7) is -0.00869. The number of halogens is 3.